The topological polar surface area (TPSA) is 57.7 Å². The quantitative estimate of drug-likeness (QED) is 0.836. The molecule has 1 fully saturated rings. The summed E-state index contributed by atoms with van der Waals surface area (Å²) in [5.74, 6) is 0.298. The van der Waals surface area contributed by atoms with Crippen molar-refractivity contribution in [2.75, 3.05) is 36.5 Å². The number of para-hydroxylation sites is 1. The Morgan fingerprint density at radius 1 is 1.36 bits per heavy atom. The van der Waals surface area contributed by atoms with Crippen LogP contribution in [-0.4, -0.2) is 56.9 Å². The highest BCUT2D eigenvalue weighted by molar-refractivity contribution is 7.91. The molecule has 1 saturated heterocycles. The van der Waals surface area contributed by atoms with Gasteiger partial charge in [-0.1, -0.05) is 18.2 Å². The van der Waals surface area contributed by atoms with Crippen molar-refractivity contribution in [3.05, 3.63) is 29.8 Å². The van der Waals surface area contributed by atoms with E-state index >= 15 is 0 Å². The normalized spacial score (nSPS) is 23.1. The molecule has 0 spiro atoms. The third-order valence-electron chi connectivity index (χ3n) is 4.68. The minimum absolute atomic E-state index is 0.00111. The van der Waals surface area contributed by atoms with E-state index in [1.54, 1.807) is 11.9 Å². The fraction of sp³-hybridized carbons (Fsp3) is 0.562. The maximum Gasteiger partial charge on any atom is 0.242 e. The summed E-state index contributed by atoms with van der Waals surface area (Å²) in [6.45, 7) is 1.20. The summed E-state index contributed by atoms with van der Waals surface area (Å²) in [5.41, 5.74) is 2.42. The summed E-state index contributed by atoms with van der Waals surface area (Å²) in [4.78, 5) is 16.2. The Bertz CT molecular complexity index is 672. The van der Waals surface area contributed by atoms with Crippen molar-refractivity contribution < 1.29 is 13.2 Å². The highest BCUT2D eigenvalue weighted by Gasteiger charge is 2.33. The second-order valence-electron chi connectivity index (χ2n) is 6.22. The van der Waals surface area contributed by atoms with Gasteiger partial charge in [0.25, 0.3) is 0 Å². The smallest absolute Gasteiger partial charge is 0.242 e. The molecule has 0 aliphatic carbocycles. The zero-order valence-corrected chi connectivity index (χ0v) is 13.7. The lowest BCUT2D eigenvalue weighted by Gasteiger charge is -2.33. The van der Waals surface area contributed by atoms with Gasteiger partial charge in [-0.25, -0.2) is 8.42 Å². The van der Waals surface area contributed by atoms with Gasteiger partial charge >= 0.3 is 0 Å². The molecule has 0 aromatic heterocycles. The van der Waals surface area contributed by atoms with Crippen molar-refractivity contribution >= 4 is 21.4 Å². The molecule has 6 heteroatoms. The van der Waals surface area contributed by atoms with Crippen LogP contribution < -0.4 is 4.90 Å². The van der Waals surface area contributed by atoms with E-state index < -0.39 is 9.84 Å². The van der Waals surface area contributed by atoms with Gasteiger partial charge in [0.1, 0.15) is 0 Å². The van der Waals surface area contributed by atoms with E-state index in [0.29, 0.717) is 13.0 Å². The van der Waals surface area contributed by atoms with E-state index in [4.69, 9.17) is 0 Å². The highest BCUT2D eigenvalue weighted by atomic mass is 32.2. The summed E-state index contributed by atoms with van der Waals surface area (Å²) < 4.78 is 23.1. The number of hydrogen-bond donors (Lipinski definition) is 0. The summed E-state index contributed by atoms with van der Waals surface area (Å²) in [6, 6.07) is 8.02. The van der Waals surface area contributed by atoms with Crippen LogP contribution in [0, 0.1) is 0 Å². The maximum absolute atomic E-state index is 12.5. The fourth-order valence-corrected chi connectivity index (χ4v) is 5.11. The molecule has 1 atom stereocenters. The van der Waals surface area contributed by atoms with Crippen molar-refractivity contribution in [2.45, 2.75) is 25.3 Å². The zero-order valence-electron chi connectivity index (χ0n) is 12.9. The van der Waals surface area contributed by atoms with Crippen LogP contribution in [0.25, 0.3) is 0 Å². The molecule has 1 unspecified atom stereocenters. The highest BCUT2D eigenvalue weighted by Crippen LogP contribution is 2.26. The second kappa shape index (κ2) is 5.91. The fourth-order valence-electron chi connectivity index (χ4n) is 3.34. The molecule has 22 heavy (non-hydrogen) atoms. The average Bonchev–Trinajstić information content (AvgIpc) is 2.87. The summed E-state index contributed by atoms with van der Waals surface area (Å²) in [7, 11) is -1.24. The number of hydrogen-bond acceptors (Lipinski definition) is 4. The first-order chi connectivity index (χ1) is 10.5. The molecule has 1 amide bonds. The Labute approximate surface area is 131 Å². The van der Waals surface area contributed by atoms with E-state index in [9.17, 15) is 13.2 Å². The van der Waals surface area contributed by atoms with Crippen LogP contribution in [0.4, 0.5) is 5.69 Å². The van der Waals surface area contributed by atoms with E-state index in [1.807, 2.05) is 12.1 Å². The van der Waals surface area contributed by atoms with Crippen LogP contribution in [-0.2, 0) is 21.1 Å². The molecular formula is C16H22N2O3S. The van der Waals surface area contributed by atoms with Gasteiger partial charge in [0.15, 0.2) is 9.84 Å². The predicted octanol–water partition coefficient (Wildman–Crippen LogP) is 1.08. The van der Waals surface area contributed by atoms with E-state index in [2.05, 4.69) is 17.0 Å². The Balaban J connectivity index is 1.68. The second-order valence-corrected chi connectivity index (χ2v) is 8.44. The first-order valence-corrected chi connectivity index (χ1v) is 9.57. The van der Waals surface area contributed by atoms with Gasteiger partial charge in [0, 0.05) is 25.3 Å². The number of carbonyl (C=O) groups excluding carboxylic acids is 1. The van der Waals surface area contributed by atoms with Crippen molar-refractivity contribution in [2.24, 2.45) is 0 Å². The standard InChI is InChI=1S/C16H22N2O3S/c1-17(14-8-10-22(20,21)12-14)16(19)11-18-9-4-6-13-5-2-3-7-15(13)18/h2-3,5,7,14H,4,6,8-12H2,1H3. The number of nitrogens with zero attached hydrogens (tertiary/aromatic N) is 2. The first kappa shape index (κ1) is 15.3. The minimum atomic E-state index is -2.96. The maximum atomic E-state index is 12.5. The van der Waals surface area contributed by atoms with Gasteiger partial charge in [-0.3, -0.25) is 4.79 Å². The lowest BCUT2D eigenvalue weighted by molar-refractivity contribution is -0.130. The summed E-state index contributed by atoms with van der Waals surface area (Å²) in [5, 5.41) is 0. The first-order valence-electron chi connectivity index (χ1n) is 7.75. The molecule has 2 aliphatic heterocycles. The minimum Gasteiger partial charge on any atom is -0.362 e. The van der Waals surface area contributed by atoms with Gasteiger partial charge < -0.3 is 9.80 Å². The number of sulfone groups is 1. The molecular weight excluding hydrogens is 300 g/mol. The van der Waals surface area contributed by atoms with Crippen LogP contribution in [0.5, 0.6) is 0 Å². The van der Waals surface area contributed by atoms with E-state index in [1.165, 1.54) is 5.56 Å². The molecule has 120 valence electrons. The number of anilines is 1. The molecule has 0 N–H and O–H groups in total. The summed E-state index contributed by atoms with van der Waals surface area (Å²) in [6.07, 6.45) is 2.66. The van der Waals surface area contributed by atoms with Crippen molar-refractivity contribution in [3.63, 3.8) is 0 Å². The monoisotopic (exact) mass is 322 g/mol. The number of fused-ring (bicyclic) bond motifs is 1. The number of amides is 1. The Hall–Kier alpha value is -1.56. The lowest BCUT2D eigenvalue weighted by Crippen LogP contribution is -2.45. The number of carbonyl (C=O) groups is 1. The summed E-state index contributed by atoms with van der Waals surface area (Å²) >= 11 is 0. The van der Waals surface area contributed by atoms with Crippen LogP contribution >= 0.6 is 0 Å². The van der Waals surface area contributed by atoms with Gasteiger partial charge in [-0.05, 0) is 30.9 Å². The van der Waals surface area contributed by atoms with E-state index in [-0.39, 0.29) is 23.5 Å². The Morgan fingerprint density at radius 2 is 2.14 bits per heavy atom. The largest absolute Gasteiger partial charge is 0.362 e. The molecule has 1 aromatic rings. The molecule has 0 bridgehead atoms. The van der Waals surface area contributed by atoms with Crippen molar-refractivity contribution in [3.8, 4) is 0 Å². The molecule has 0 radical (unpaired) electrons. The van der Waals surface area contributed by atoms with Gasteiger partial charge in [-0.15, -0.1) is 0 Å². The van der Waals surface area contributed by atoms with Gasteiger partial charge in [0.2, 0.25) is 5.91 Å². The Kier molecular flexibility index (Phi) is 4.12. The van der Waals surface area contributed by atoms with Crippen molar-refractivity contribution in [1.82, 2.24) is 4.90 Å². The van der Waals surface area contributed by atoms with Crippen LogP contribution in [0.2, 0.25) is 0 Å². The molecule has 0 saturated carbocycles. The molecule has 1 aromatic carbocycles. The van der Waals surface area contributed by atoms with Crippen molar-refractivity contribution in [1.29, 1.82) is 0 Å². The zero-order chi connectivity index (χ0) is 15.7. The number of benzene rings is 1. The van der Waals surface area contributed by atoms with Crippen LogP contribution in [0.15, 0.2) is 24.3 Å². The SMILES string of the molecule is CN(C(=O)CN1CCCc2ccccc21)C1CCS(=O)(=O)C1. The molecule has 2 heterocycles. The average molecular weight is 322 g/mol. The third-order valence-corrected chi connectivity index (χ3v) is 6.43. The molecule has 5 nitrogen and oxygen atoms in total. The van der Waals surface area contributed by atoms with Gasteiger partial charge in [0.05, 0.1) is 18.1 Å². The third kappa shape index (κ3) is 3.11. The van der Waals surface area contributed by atoms with Crippen LogP contribution in [0.1, 0.15) is 18.4 Å². The predicted molar refractivity (Wildman–Crippen MR) is 86.8 cm³/mol. The number of likely N-dealkylation sites (N-methyl/N-ethyl adjacent to an activating group) is 1. The molecule has 2 aliphatic rings. The van der Waals surface area contributed by atoms with Gasteiger partial charge in [-0.2, -0.15) is 0 Å². The van der Waals surface area contributed by atoms with Crippen LogP contribution in [0.3, 0.4) is 0 Å². The number of rotatable bonds is 3. The Morgan fingerprint density at radius 3 is 2.86 bits per heavy atom. The molecule has 3 rings (SSSR count). The van der Waals surface area contributed by atoms with E-state index in [0.717, 1.165) is 25.1 Å². The number of aryl methyl sites for hydroxylation is 1. The lowest BCUT2D eigenvalue weighted by atomic mass is 10.0.